The lowest BCUT2D eigenvalue weighted by molar-refractivity contribution is -0.138. The van der Waals surface area contributed by atoms with Crippen LogP contribution in [0.4, 0.5) is 0 Å². The summed E-state index contributed by atoms with van der Waals surface area (Å²) < 4.78 is 10.9. The van der Waals surface area contributed by atoms with E-state index in [1.54, 1.807) is 25.4 Å². The minimum atomic E-state index is -0.388. The molecule has 6 heteroatoms. The normalized spacial score (nSPS) is 21.0. The summed E-state index contributed by atoms with van der Waals surface area (Å²) in [5, 5.41) is 5.40. The molecule has 4 rings (SSSR count). The van der Waals surface area contributed by atoms with Crippen LogP contribution in [0.15, 0.2) is 58.3 Å². The van der Waals surface area contributed by atoms with Crippen molar-refractivity contribution in [2.24, 2.45) is 0 Å². The first kappa shape index (κ1) is 21.4. The molecule has 0 spiro atoms. The van der Waals surface area contributed by atoms with Gasteiger partial charge in [-0.15, -0.1) is 11.3 Å². The van der Waals surface area contributed by atoms with Crippen molar-refractivity contribution in [1.82, 2.24) is 5.32 Å². The molecule has 1 aromatic heterocycles. The van der Waals surface area contributed by atoms with E-state index in [0.717, 1.165) is 33.1 Å². The zero-order valence-electron chi connectivity index (χ0n) is 18.3. The molecule has 2 aliphatic rings. The van der Waals surface area contributed by atoms with E-state index >= 15 is 0 Å². The number of nitrogens with one attached hydrogen (secondary N) is 1. The highest BCUT2D eigenvalue weighted by atomic mass is 32.1. The summed E-state index contributed by atoms with van der Waals surface area (Å²) in [5.74, 6) is 0.136. The topological polar surface area (TPSA) is 64.6 Å². The number of benzene rings is 1. The molecule has 1 N–H and O–H groups in total. The van der Waals surface area contributed by atoms with Crippen LogP contribution in [0, 0.1) is 6.92 Å². The Kier molecular flexibility index (Phi) is 6.01. The van der Waals surface area contributed by atoms with E-state index in [-0.39, 0.29) is 23.6 Å². The predicted octanol–water partition coefficient (Wildman–Crippen LogP) is 4.99. The lowest BCUT2D eigenvalue weighted by atomic mass is 9.73. The number of ether oxygens (including phenoxy) is 2. The summed E-state index contributed by atoms with van der Waals surface area (Å²) in [7, 11) is 1.65. The fraction of sp³-hybridized carbons (Fsp3) is 0.360. The Morgan fingerprint density at radius 2 is 1.97 bits per heavy atom. The first-order valence-electron chi connectivity index (χ1n) is 10.5. The van der Waals surface area contributed by atoms with Crippen LogP contribution < -0.4 is 10.1 Å². The molecule has 2 heterocycles. The van der Waals surface area contributed by atoms with E-state index < -0.39 is 0 Å². The molecule has 1 aliphatic heterocycles. The van der Waals surface area contributed by atoms with Gasteiger partial charge in [0.2, 0.25) is 0 Å². The minimum Gasteiger partial charge on any atom is -0.496 e. The van der Waals surface area contributed by atoms with E-state index in [2.05, 4.69) is 5.32 Å². The van der Waals surface area contributed by atoms with E-state index in [1.165, 1.54) is 0 Å². The largest absolute Gasteiger partial charge is 0.496 e. The second kappa shape index (κ2) is 8.71. The number of para-hydroxylation sites is 1. The van der Waals surface area contributed by atoms with Gasteiger partial charge in [-0.1, -0.05) is 18.2 Å². The van der Waals surface area contributed by atoms with Crippen molar-refractivity contribution in [1.29, 1.82) is 0 Å². The number of ketones is 1. The quantitative estimate of drug-likeness (QED) is 0.668. The van der Waals surface area contributed by atoms with Gasteiger partial charge in [-0.3, -0.25) is 4.79 Å². The van der Waals surface area contributed by atoms with Crippen LogP contribution in [0.3, 0.4) is 0 Å². The molecule has 5 nitrogen and oxygen atoms in total. The summed E-state index contributed by atoms with van der Waals surface area (Å²) in [5.41, 5.74) is 5.01. The summed E-state index contributed by atoms with van der Waals surface area (Å²) >= 11 is 1.58. The molecule has 0 bridgehead atoms. The highest BCUT2D eigenvalue weighted by molar-refractivity contribution is 7.10. The van der Waals surface area contributed by atoms with Crippen molar-refractivity contribution in [3.63, 3.8) is 0 Å². The predicted molar refractivity (Wildman–Crippen MR) is 121 cm³/mol. The van der Waals surface area contributed by atoms with Crippen LogP contribution in [0.2, 0.25) is 0 Å². The number of Topliss-reactive ketones (excluding diaryl/α,β-unsaturated/α-hetero) is 1. The number of aryl methyl sites for hydroxylation is 1. The van der Waals surface area contributed by atoms with Gasteiger partial charge < -0.3 is 14.8 Å². The Morgan fingerprint density at radius 1 is 1.19 bits per heavy atom. The second-order valence-corrected chi connectivity index (χ2v) is 8.90. The van der Waals surface area contributed by atoms with Gasteiger partial charge >= 0.3 is 5.97 Å². The lowest BCUT2D eigenvalue weighted by Gasteiger charge is -2.36. The van der Waals surface area contributed by atoms with Crippen LogP contribution >= 0.6 is 11.3 Å². The molecule has 1 aliphatic carbocycles. The Hall–Kier alpha value is -2.86. The zero-order chi connectivity index (χ0) is 22.1. The maximum Gasteiger partial charge on any atom is 0.336 e. The average Bonchev–Trinajstić information content (AvgIpc) is 3.18. The van der Waals surface area contributed by atoms with Gasteiger partial charge in [0.1, 0.15) is 5.75 Å². The fourth-order valence-electron chi connectivity index (χ4n) is 4.68. The number of carbonyl (C=O) groups is 2. The van der Waals surface area contributed by atoms with Crippen LogP contribution in [0.1, 0.15) is 54.5 Å². The number of dihydropyridines is 1. The van der Waals surface area contributed by atoms with Gasteiger partial charge in [-0.05, 0) is 55.8 Å². The monoisotopic (exact) mass is 437 g/mol. The third-order valence-electron chi connectivity index (χ3n) is 6.07. The van der Waals surface area contributed by atoms with Gasteiger partial charge in [0.15, 0.2) is 5.78 Å². The number of thiophene rings is 1. The van der Waals surface area contributed by atoms with E-state index in [0.29, 0.717) is 30.6 Å². The SMILES string of the molecule is CCOC(=O)C1=C(C)NC2=C(C(=O)CC(c3ccccc3OC)C2)C1c1sccc1C. The van der Waals surface area contributed by atoms with Gasteiger partial charge in [-0.25, -0.2) is 4.79 Å². The van der Waals surface area contributed by atoms with Crippen molar-refractivity contribution in [2.75, 3.05) is 13.7 Å². The molecule has 31 heavy (non-hydrogen) atoms. The summed E-state index contributed by atoms with van der Waals surface area (Å²) in [6.45, 7) is 6.01. The Labute approximate surface area is 186 Å². The molecule has 162 valence electrons. The molecule has 0 saturated carbocycles. The molecule has 2 atom stereocenters. The highest BCUT2D eigenvalue weighted by Crippen LogP contribution is 2.48. The van der Waals surface area contributed by atoms with Crippen LogP contribution in [-0.4, -0.2) is 25.5 Å². The van der Waals surface area contributed by atoms with Crippen LogP contribution in [0.25, 0.3) is 0 Å². The number of allylic oxidation sites excluding steroid dienone is 3. The first-order chi connectivity index (χ1) is 15.0. The van der Waals surface area contributed by atoms with Crippen molar-refractivity contribution in [2.45, 2.75) is 45.4 Å². The summed E-state index contributed by atoms with van der Waals surface area (Å²) in [6, 6.07) is 9.90. The molecule has 0 fully saturated rings. The fourth-order valence-corrected chi connectivity index (χ4v) is 5.73. The maximum absolute atomic E-state index is 13.6. The van der Waals surface area contributed by atoms with Crippen molar-refractivity contribution >= 4 is 23.1 Å². The molecule has 0 saturated heterocycles. The number of carbonyl (C=O) groups excluding carboxylic acids is 2. The lowest BCUT2D eigenvalue weighted by Crippen LogP contribution is -2.36. The van der Waals surface area contributed by atoms with Crippen molar-refractivity contribution in [3.8, 4) is 5.75 Å². The second-order valence-electron chi connectivity index (χ2n) is 7.95. The summed E-state index contributed by atoms with van der Waals surface area (Å²) in [6.07, 6.45) is 1.08. The molecule has 0 radical (unpaired) electrons. The van der Waals surface area contributed by atoms with E-state index in [4.69, 9.17) is 9.47 Å². The number of rotatable bonds is 5. The molecular weight excluding hydrogens is 410 g/mol. The van der Waals surface area contributed by atoms with Gasteiger partial charge in [-0.2, -0.15) is 0 Å². The molecular formula is C25H27NO4S. The van der Waals surface area contributed by atoms with Crippen molar-refractivity contribution < 1.29 is 19.1 Å². The number of methoxy groups -OCH3 is 1. The molecule has 2 unspecified atom stereocenters. The Bertz CT molecular complexity index is 1090. The maximum atomic E-state index is 13.6. The zero-order valence-corrected chi connectivity index (χ0v) is 19.1. The third-order valence-corrected chi connectivity index (χ3v) is 7.15. The van der Waals surface area contributed by atoms with Crippen LogP contribution in [-0.2, 0) is 14.3 Å². The van der Waals surface area contributed by atoms with E-state index in [9.17, 15) is 9.59 Å². The Morgan fingerprint density at radius 3 is 2.65 bits per heavy atom. The average molecular weight is 438 g/mol. The summed E-state index contributed by atoms with van der Waals surface area (Å²) in [4.78, 5) is 27.5. The third kappa shape index (κ3) is 3.81. The van der Waals surface area contributed by atoms with Crippen LogP contribution in [0.5, 0.6) is 5.75 Å². The van der Waals surface area contributed by atoms with Gasteiger partial charge in [0.25, 0.3) is 0 Å². The smallest absolute Gasteiger partial charge is 0.336 e. The van der Waals surface area contributed by atoms with Gasteiger partial charge in [0.05, 0.1) is 25.2 Å². The number of hydrogen-bond acceptors (Lipinski definition) is 6. The molecule has 2 aromatic rings. The number of hydrogen-bond donors (Lipinski definition) is 1. The highest BCUT2D eigenvalue weighted by Gasteiger charge is 2.42. The minimum absolute atomic E-state index is 0.0249. The van der Waals surface area contributed by atoms with E-state index in [1.807, 2.05) is 49.6 Å². The molecule has 0 amide bonds. The van der Waals surface area contributed by atoms with Gasteiger partial charge in [0, 0.05) is 34.2 Å². The Balaban J connectivity index is 1.80. The molecule has 1 aromatic carbocycles. The standard InChI is InChI=1S/C25H27NO4S/c1-5-30-25(28)21-15(3)26-18-12-16(17-8-6-7-9-20(17)29-4)13-19(27)22(18)23(21)24-14(2)10-11-31-24/h6-11,16,23,26H,5,12-13H2,1-4H3. The first-order valence-corrected chi connectivity index (χ1v) is 11.4. The van der Waals surface area contributed by atoms with Crippen molar-refractivity contribution in [3.05, 3.63) is 74.3 Å². The number of esters is 1.